The maximum absolute atomic E-state index is 11.5. The van der Waals surface area contributed by atoms with E-state index in [4.69, 9.17) is 17.0 Å². The van der Waals surface area contributed by atoms with Crippen molar-refractivity contribution in [1.29, 1.82) is 0 Å². The van der Waals surface area contributed by atoms with Gasteiger partial charge in [-0.25, -0.2) is 0 Å². The molecule has 0 spiro atoms. The minimum atomic E-state index is -0.245. The first kappa shape index (κ1) is 16.4. The molecule has 1 saturated heterocycles. The molecule has 3 rings (SSSR count). The predicted molar refractivity (Wildman–Crippen MR) is 94.2 cm³/mol. The number of rotatable bonds is 5. The Morgan fingerprint density at radius 2 is 2.25 bits per heavy atom. The van der Waals surface area contributed by atoms with Gasteiger partial charge in [-0.1, -0.05) is 6.07 Å². The molecule has 6 nitrogen and oxygen atoms in total. The molecule has 126 valence electrons. The van der Waals surface area contributed by atoms with Gasteiger partial charge in [0.25, 0.3) is 0 Å². The van der Waals surface area contributed by atoms with Crippen molar-refractivity contribution in [1.82, 2.24) is 19.8 Å². The van der Waals surface area contributed by atoms with Crippen LogP contribution in [-0.2, 0) is 16.6 Å². The molecule has 1 aliphatic rings. The summed E-state index contributed by atoms with van der Waals surface area (Å²) in [6.45, 7) is 0.501. The van der Waals surface area contributed by atoms with Gasteiger partial charge in [0.2, 0.25) is 0 Å². The third-order valence-electron chi connectivity index (χ3n) is 4.18. The van der Waals surface area contributed by atoms with Crippen molar-refractivity contribution in [2.45, 2.75) is 18.5 Å². The van der Waals surface area contributed by atoms with E-state index in [1.54, 1.807) is 6.20 Å². The SMILES string of the molecule is COC(=O)CCN1C(=S)N[C@@H](c2ccccn2)[C@H]1c1ccn(C)c1. The Morgan fingerprint density at radius 3 is 2.88 bits per heavy atom. The molecule has 2 aromatic rings. The number of thiocarbonyl (C=S) groups is 1. The fourth-order valence-corrected chi connectivity index (χ4v) is 3.36. The van der Waals surface area contributed by atoms with E-state index in [0.717, 1.165) is 11.3 Å². The first-order chi connectivity index (χ1) is 11.6. The van der Waals surface area contributed by atoms with E-state index in [1.807, 2.05) is 40.9 Å². The van der Waals surface area contributed by atoms with Crippen molar-refractivity contribution in [3.63, 3.8) is 0 Å². The lowest BCUT2D eigenvalue weighted by molar-refractivity contribution is -0.140. The maximum Gasteiger partial charge on any atom is 0.307 e. The van der Waals surface area contributed by atoms with Crippen LogP contribution in [0.25, 0.3) is 0 Å². The summed E-state index contributed by atoms with van der Waals surface area (Å²) in [6.07, 6.45) is 6.14. The molecule has 0 unspecified atom stereocenters. The van der Waals surface area contributed by atoms with E-state index in [9.17, 15) is 4.79 Å². The molecule has 1 fully saturated rings. The van der Waals surface area contributed by atoms with Gasteiger partial charge in [-0.3, -0.25) is 9.78 Å². The van der Waals surface area contributed by atoms with E-state index in [2.05, 4.69) is 22.6 Å². The lowest BCUT2D eigenvalue weighted by atomic mass is 9.99. The van der Waals surface area contributed by atoms with Gasteiger partial charge < -0.3 is 19.5 Å². The van der Waals surface area contributed by atoms with Crippen molar-refractivity contribution < 1.29 is 9.53 Å². The number of esters is 1. The van der Waals surface area contributed by atoms with Crippen LogP contribution < -0.4 is 5.32 Å². The van der Waals surface area contributed by atoms with Gasteiger partial charge in [0, 0.05) is 32.2 Å². The number of ether oxygens (including phenoxy) is 1. The van der Waals surface area contributed by atoms with Crippen molar-refractivity contribution in [3.05, 3.63) is 54.1 Å². The molecule has 0 radical (unpaired) electrons. The van der Waals surface area contributed by atoms with Crippen molar-refractivity contribution >= 4 is 23.3 Å². The average molecular weight is 344 g/mol. The number of hydrogen-bond donors (Lipinski definition) is 1. The van der Waals surface area contributed by atoms with Crippen LogP contribution in [-0.4, -0.2) is 39.2 Å². The number of aryl methyl sites for hydroxylation is 1. The van der Waals surface area contributed by atoms with Gasteiger partial charge in [0.15, 0.2) is 5.11 Å². The lowest BCUT2D eigenvalue weighted by Crippen LogP contribution is -2.31. The second kappa shape index (κ2) is 7.00. The Balaban J connectivity index is 1.92. The molecule has 7 heteroatoms. The summed E-state index contributed by atoms with van der Waals surface area (Å²) in [5, 5.41) is 3.98. The van der Waals surface area contributed by atoms with E-state index < -0.39 is 0 Å². The number of hydrogen-bond acceptors (Lipinski definition) is 4. The molecule has 24 heavy (non-hydrogen) atoms. The number of nitrogens with one attached hydrogen (secondary N) is 1. The number of carbonyl (C=O) groups excluding carboxylic acids is 1. The molecule has 0 aliphatic carbocycles. The number of pyridine rings is 1. The van der Waals surface area contributed by atoms with Crippen LogP contribution >= 0.6 is 12.2 Å². The summed E-state index contributed by atoms with van der Waals surface area (Å²) in [7, 11) is 3.38. The third kappa shape index (κ3) is 3.26. The van der Waals surface area contributed by atoms with Crippen LogP contribution in [0.3, 0.4) is 0 Å². The third-order valence-corrected chi connectivity index (χ3v) is 4.53. The Hall–Kier alpha value is -2.41. The summed E-state index contributed by atoms with van der Waals surface area (Å²) in [5.74, 6) is -0.245. The monoisotopic (exact) mass is 344 g/mol. The molecular weight excluding hydrogens is 324 g/mol. The van der Waals surface area contributed by atoms with Gasteiger partial charge in [0.1, 0.15) is 0 Å². The number of aromatic nitrogens is 2. The van der Waals surface area contributed by atoms with Gasteiger partial charge in [-0.2, -0.15) is 0 Å². The van der Waals surface area contributed by atoms with Crippen molar-refractivity contribution in [2.75, 3.05) is 13.7 Å². The van der Waals surface area contributed by atoms with Gasteiger partial charge >= 0.3 is 5.97 Å². The summed E-state index contributed by atoms with van der Waals surface area (Å²) in [6, 6.07) is 7.84. The molecule has 0 bridgehead atoms. The summed E-state index contributed by atoms with van der Waals surface area (Å²) in [4.78, 5) is 18.1. The summed E-state index contributed by atoms with van der Waals surface area (Å²) in [5.41, 5.74) is 2.06. The van der Waals surface area contributed by atoms with Gasteiger partial charge in [-0.15, -0.1) is 0 Å². The fourth-order valence-electron chi connectivity index (χ4n) is 3.02. The zero-order valence-electron chi connectivity index (χ0n) is 13.7. The van der Waals surface area contributed by atoms with Gasteiger partial charge in [0.05, 0.1) is 31.3 Å². The quantitative estimate of drug-likeness (QED) is 0.661. The average Bonchev–Trinajstić information content (AvgIpc) is 3.16. The van der Waals surface area contributed by atoms with Crippen molar-refractivity contribution in [3.8, 4) is 0 Å². The number of carbonyl (C=O) groups is 1. The summed E-state index contributed by atoms with van der Waals surface area (Å²) >= 11 is 5.52. The van der Waals surface area contributed by atoms with Crippen LogP contribution in [0.2, 0.25) is 0 Å². The first-order valence-corrected chi connectivity index (χ1v) is 8.17. The van der Waals surface area contributed by atoms with E-state index in [-0.39, 0.29) is 24.5 Å². The lowest BCUT2D eigenvalue weighted by Gasteiger charge is -2.26. The van der Waals surface area contributed by atoms with Crippen LogP contribution in [0.5, 0.6) is 0 Å². The maximum atomic E-state index is 11.5. The molecule has 1 aliphatic heterocycles. The molecule has 0 amide bonds. The summed E-state index contributed by atoms with van der Waals surface area (Å²) < 4.78 is 6.76. The van der Waals surface area contributed by atoms with E-state index in [1.165, 1.54) is 7.11 Å². The number of methoxy groups -OCH3 is 1. The minimum Gasteiger partial charge on any atom is -0.469 e. The van der Waals surface area contributed by atoms with Crippen LogP contribution in [0.1, 0.15) is 29.8 Å². The second-order valence-corrected chi connectivity index (χ2v) is 6.14. The minimum absolute atomic E-state index is 0.0155. The largest absolute Gasteiger partial charge is 0.469 e. The van der Waals surface area contributed by atoms with Crippen LogP contribution in [0.15, 0.2) is 42.9 Å². The Bertz CT molecular complexity index is 731. The Morgan fingerprint density at radius 1 is 1.42 bits per heavy atom. The molecule has 2 aromatic heterocycles. The topological polar surface area (TPSA) is 59.4 Å². The second-order valence-electron chi connectivity index (χ2n) is 5.76. The molecule has 1 N–H and O–H groups in total. The van der Waals surface area contributed by atoms with E-state index in [0.29, 0.717) is 11.7 Å². The number of nitrogens with zero attached hydrogens (tertiary/aromatic N) is 3. The highest BCUT2D eigenvalue weighted by atomic mass is 32.1. The van der Waals surface area contributed by atoms with Gasteiger partial charge in [-0.05, 0) is 36.0 Å². The molecule has 0 saturated carbocycles. The van der Waals surface area contributed by atoms with E-state index >= 15 is 0 Å². The smallest absolute Gasteiger partial charge is 0.307 e. The zero-order valence-corrected chi connectivity index (χ0v) is 14.5. The Labute approximate surface area is 146 Å². The molecular formula is C17H20N4O2S. The highest BCUT2D eigenvalue weighted by Gasteiger charge is 2.40. The highest BCUT2D eigenvalue weighted by Crippen LogP contribution is 2.38. The molecule has 2 atom stereocenters. The first-order valence-electron chi connectivity index (χ1n) is 7.77. The normalized spacial score (nSPS) is 20.1. The fraction of sp³-hybridized carbons (Fsp3) is 0.353. The van der Waals surface area contributed by atoms with Crippen LogP contribution in [0, 0.1) is 0 Å². The molecule has 3 heterocycles. The predicted octanol–water partition coefficient (Wildman–Crippen LogP) is 1.96. The van der Waals surface area contributed by atoms with Crippen molar-refractivity contribution in [2.24, 2.45) is 7.05 Å². The standard InChI is InChI=1S/C17H20N4O2S/c1-20-9-6-12(11-20)16-15(13-5-3-4-8-18-13)19-17(24)21(16)10-7-14(22)23-2/h3-6,8-9,11,15-16H,7,10H2,1-2H3,(H,19,24)/t15-,16+/m0/s1. The van der Waals surface area contributed by atoms with Crippen LogP contribution in [0.4, 0.5) is 0 Å². The highest BCUT2D eigenvalue weighted by molar-refractivity contribution is 7.80. The molecule has 0 aromatic carbocycles. The zero-order chi connectivity index (χ0) is 17.1. The Kier molecular flexibility index (Phi) is 4.80.